The van der Waals surface area contributed by atoms with Gasteiger partial charge in [0.25, 0.3) is 0 Å². The molecule has 0 spiro atoms. The Hall–Kier alpha value is -2.73. The van der Waals surface area contributed by atoms with Crippen LogP contribution in [0.3, 0.4) is 0 Å². The van der Waals surface area contributed by atoms with Crippen LogP contribution in [0.4, 0.5) is 0 Å². The first-order valence-electron chi connectivity index (χ1n) is 10.4. The van der Waals surface area contributed by atoms with Gasteiger partial charge in [-0.1, -0.05) is 25.0 Å². The van der Waals surface area contributed by atoms with E-state index in [1.807, 2.05) is 36.7 Å². The lowest BCUT2D eigenvalue weighted by atomic mass is 10.0. The highest BCUT2D eigenvalue weighted by atomic mass is 32.1. The van der Waals surface area contributed by atoms with Crippen LogP contribution in [-0.4, -0.2) is 24.5 Å². The molecule has 0 aromatic carbocycles. The van der Waals surface area contributed by atoms with E-state index in [2.05, 4.69) is 55.2 Å². The summed E-state index contributed by atoms with van der Waals surface area (Å²) >= 11 is 5.80. The number of hydrogen-bond donors (Lipinski definition) is 1. The van der Waals surface area contributed by atoms with Gasteiger partial charge in [0.05, 0.1) is 30.0 Å². The molecule has 29 heavy (non-hydrogen) atoms. The van der Waals surface area contributed by atoms with Crippen LogP contribution in [0.15, 0.2) is 67.1 Å². The van der Waals surface area contributed by atoms with Crippen molar-refractivity contribution in [2.45, 2.75) is 50.4 Å². The summed E-state index contributed by atoms with van der Waals surface area (Å²) in [7, 11) is 0. The molecule has 6 heteroatoms. The van der Waals surface area contributed by atoms with Gasteiger partial charge < -0.3 is 14.8 Å². The summed E-state index contributed by atoms with van der Waals surface area (Å²) in [6.07, 6.45) is 11.1. The number of thiocarbonyl (C=S) groups is 1. The van der Waals surface area contributed by atoms with E-state index in [9.17, 15) is 0 Å². The highest BCUT2D eigenvalue weighted by molar-refractivity contribution is 7.80. The topological polar surface area (TPSA) is 46.0 Å². The second-order valence-corrected chi connectivity index (χ2v) is 8.24. The Bertz CT molecular complexity index is 965. The summed E-state index contributed by atoms with van der Waals surface area (Å²) in [4.78, 5) is 11.5. The van der Waals surface area contributed by atoms with Gasteiger partial charge in [0, 0.05) is 30.3 Å². The van der Waals surface area contributed by atoms with Crippen LogP contribution >= 0.6 is 12.2 Å². The first-order chi connectivity index (χ1) is 14.3. The molecule has 3 aromatic rings. The summed E-state index contributed by atoms with van der Waals surface area (Å²) in [5.41, 5.74) is 3.33. The number of rotatable bonds is 5. The van der Waals surface area contributed by atoms with Crippen LogP contribution in [0, 0.1) is 0 Å². The Balaban J connectivity index is 1.56. The van der Waals surface area contributed by atoms with E-state index < -0.39 is 0 Å². The predicted octanol–water partition coefficient (Wildman–Crippen LogP) is 4.57. The quantitative estimate of drug-likeness (QED) is 0.633. The van der Waals surface area contributed by atoms with Crippen molar-refractivity contribution in [1.82, 2.24) is 24.8 Å². The van der Waals surface area contributed by atoms with E-state index in [1.165, 1.54) is 31.4 Å². The molecule has 0 radical (unpaired) electrons. The average Bonchev–Trinajstić information content (AvgIpc) is 3.50. The number of nitrogens with one attached hydrogen (secondary N) is 1. The highest BCUT2D eigenvalue weighted by Crippen LogP contribution is 2.42. The van der Waals surface area contributed by atoms with Gasteiger partial charge in [-0.25, -0.2) is 0 Å². The summed E-state index contributed by atoms with van der Waals surface area (Å²) in [6.45, 7) is 0.677. The van der Waals surface area contributed by atoms with Crippen LogP contribution in [0.25, 0.3) is 0 Å². The summed E-state index contributed by atoms with van der Waals surface area (Å²) in [6, 6.07) is 17.2. The van der Waals surface area contributed by atoms with E-state index in [1.54, 1.807) is 0 Å². The molecule has 1 saturated carbocycles. The Kier molecular flexibility index (Phi) is 5.02. The van der Waals surface area contributed by atoms with Gasteiger partial charge in [-0.2, -0.15) is 0 Å². The first-order valence-corrected chi connectivity index (χ1v) is 10.8. The third-order valence-electron chi connectivity index (χ3n) is 6.09. The number of nitrogens with zero attached hydrogens (tertiary/aromatic N) is 4. The molecule has 1 N–H and O–H groups in total. The van der Waals surface area contributed by atoms with E-state index in [0.717, 1.165) is 16.5 Å². The Morgan fingerprint density at radius 2 is 1.76 bits per heavy atom. The Morgan fingerprint density at radius 3 is 2.48 bits per heavy atom. The molecule has 148 valence electrons. The fourth-order valence-corrected chi connectivity index (χ4v) is 5.04. The molecule has 2 aliphatic rings. The van der Waals surface area contributed by atoms with Gasteiger partial charge in [-0.3, -0.25) is 9.97 Å². The Labute approximate surface area is 176 Å². The standard InChI is InChI=1S/C23H25N5S/c29-23-26-21(19-11-4-6-14-25-19)22(28(23)16-17-8-3-5-13-24-17)20-12-7-15-27(20)18-9-1-2-10-18/h3-8,11-15,18,21-22H,1-2,9-10,16H2,(H,26,29)/t21-,22-/m0/s1. The second-order valence-electron chi connectivity index (χ2n) is 7.85. The van der Waals surface area contributed by atoms with Gasteiger partial charge in [0.15, 0.2) is 5.11 Å². The second kappa shape index (κ2) is 7.95. The molecule has 3 aromatic heterocycles. The molecule has 5 nitrogen and oxygen atoms in total. The van der Waals surface area contributed by atoms with Crippen molar-refractivity contribution >= 4 is 17.3 Å². The molecule has 5 rings (SSSR count). The zero-order chi connectivity index (χ0) is 19.6. The van der Waals surface area contributed by atoms with Crippen molar-refractivity contribution in [3.8, 4) is 0 Å². The summed E-state index contributed by atoms with van der Waals surface area (Å²) in [5, 5.41) is 4.31. The lowest BCUT2D eigenvalue weighted by molar-refractivity contribution is 0.288. The van der Waals surface area contributed by atoms with E-state index in [4.69, 9.17) is 12.2 Å². The van der Waals surface area contributed by atoms with Crippen LogP contribution in [-0.2, 0) is 6.54 Å². The number of hydrogen-bond acceptors (Lipinski definition) is 3. The summed E-state index contributed by atoms with van der Waals surface area (Å²) < 4.78 is 2.48. The van der Waals surface area contributed by atoms with Crippen LogP contribution in [0.2, 0.25) is 0 Å². The molecule has 4 heterocycles. The maximum absolute atomic E-state index is 5.80. The molecular weight excluding hydrogens is 378 g/mol. The maximum Gasteiger partial charge on any atom is 0.170 e. The van der Waals surface area contributed by atoms with Crippen molar-refractivity contribution < 1.29 is 0 Å². The third-order valence-corrected chi connectivity index (χ3v) is 6.44. The van der Waals surface area contributed by atoms with E-state index >= 15 is 0 Å². The number of pyridine rings is 2. The van der Waals surface area contributed by atoms with Crippen LogP contribution in [0.5, 0.6) is 0 Å². The summed E-state index contributed by atoms with van der Waals surface area (Å²) in [5.74, 6) is 0. The van der Waals surface area contributed by atoms with Gasteiger partial charge in [-0.15, -0.1) is 0 Å². The largest absolute Gasteiger partial charge is 0.352 e. The highest BCUT2D eigenvalue weighted by Gasteiger charge is 2.41. The minimum atomic E-state index is 0.0162. The van der Waals surface area contributed by atoms with Gasteiger partial charge in [-0.05, 0) is 61.5 Å². The van der Waals surface area contributed by atoms with E-state index in [0.29, 0.717) is 12.6 Å². The van der Waals surface area contributed by atoms with Crippen molar-refractivity contribution in [2.75, 3.05) is 0 Å². The fourth-order valence-electron chi connectivity index (χ4n) is 4.74. The molecule has 1 aliphatic carbocycles. The Morgan fingerprint density at radius 1 is 0.966 bits per heavy atom. The molecule has 1 aliphatic heterocycles. The van der Waals surface area contributed by atoms with Crippen molar-refractivity contribution in [3.63, 3.8) is 0 Å². The van der Waals surface area contributed by atoms with Crippen molar-refractivity contribution in [3.05, 3.63) is 84.2 Å². The zero-order valence-electron chi connectivity index (χ0n) is 16.3. The molecule has 0 unspecified atom stereocenters. The normalized spacial score (nSPS) is 22.2. The number of aromatic nitrogens is 3. The smallest absolute Gasteiger partial charge is 0.170 e. The molecule has 2 atom stereocenters. The minimum Gasteiger partial charge on any atom is -0.352 e. The van der Waals surface area contributed by atoms with Crippen LogP contribution in [0.1, 0.15) is 60.9 Å². The van der Waals surface area contributed by atoms with Crippen molar-refractivity contribution in [1.29, 1.82) is 0 Å². The molecule has 0 bridgehead atoms. The van der Waals surface area contributed by atoms with Gasteiger partial charge in [0.2, 0.25) is 0 Å². The SMILES string of the molecule is S=C1N[C@@H](c2ccccn2)[C@H](c2cccn2C2CCCC2)N1Cc1ccccn1. The molecule has 2 fully saturated rings. The minimum absolute atomic E-state index is 0.0162. The van der Waals surface area contributed by atoms with Crippen molar-refractivity contribution in [2.24, 2.45) is 0 Å². The average molecular weight is 404 g/mol. The lowest BCUT2D eigenvalue weighted by Crippen LogP contribution is -2.30. The third kappa shape index (κ3) is 3.53. The van der Waals surface area contributed by atoms with Gasteiger partial charge in [0.1, 0.15) is 0 Å². The van der Waals surface area contributed by atoms with E-state index in [-0.39, 0.29) is 12.1 Å². The fraction of sp³-hybridized carbons (Fsp3) is 0.348. The maximum atomic E-state index is 5.80. The lowest BCUT2D eigenvalue weighted by Gasteiger charge is -2.30. The van der Waals surface area contributed by atoms with Crippen LogP contribution < -0.4 is 5.32 Å². The molecular formula is C23H25N5S. The predicted molar refractivity (Wildman–Crippen MR) is 117 cm³/mol. The first kappa shape index (κ1) is 18.3. The molecule has 1 saturated heterocycles. The van der Waals surface area contributed by atoms with Gasteiger partial charge >= 0.3 is 0 Å². The zero-order valence-corrected chi connectivity index (χ0v) is 17.1. The monoisotopic (exact) mass is 403 g/mol. The molecule has 0 amide bonds.